The van der Waals surface area contributed by atoms with Crippen LogP contribution in [0.4, 0.5) is 5.69 Å². The summed E-state index contributed by atoms with van der Waals surface area (Å²) in [7, 11) is 0. The van der Waals surface area contributed by atoms with Gasteiger partial charge in [-0.2, -0.15) is 0 Å². The molecule has 2 aromatic rings. The van der Waals surface area contributed by atoms with Gasteiger partial charge in [-0.3, -0.25) is 0 Å². The Hall–Kier alpha value is -2.68. The largest absolute Gasteiger partial charge is 0.340 e. The summed E-state index contributed by atoms with van der Waals surface area (Å²) in [6.07, 6.45) is 1.53. The molecule has 0 aliphatic heterocycles. The molecule has 3 nitrogen and oxygen atoms in total. The molecule has 0 aromatic heterocycles. The average molecular weight is 338 g/mol. The summed E-state index contributed by atoms with van der Waals surface area (Å²) in [6, 6.07) is 15.8. The second-order valence-corrected chi connectivity index (χ2v) is 4.80. The Bertz CT molecular complexity index is 683. The van der Waals surface area contributed by atoms with E-state index in [9.17, 15) is 0 Å². The quantitative estimate of drug-likeness (QED) is 0.489. The highest BCUT2D eigenvalue weighted by molar-refractivity contribution is 6.09. The van der Waals surface area contributed by atoms with E-state index in [0.29, 0.717) is 5.71 Å². The molecule has 3 heteroatoms. The SMILES string of the molecule is C=CN=C(Nc1ccc(C(C)=N)cc1)c1ccccc1C.CC.CC. The van der Waals surface area contributed by atoms with Crippen LogP contribution in [0.2, 0.25) is 0 Å². The van der Waals surface area contributed by atoms with Gasteiger partial charge in [-0.05, 0) is 37.1 Å². The predicted octanol–water partition coefficient (Wildman–Crippen LogP) is 6.44. The zero-order chi connectivity index (χ0) is 19.2. The Morgan fingerprint density at radius 3 is 2.04 bits per heavy atom. The summed E-state index contributed by atoms with van der Waals surface area (Å²) in [5, 5.41) is 10.9. The Balaban J connectivity index is 0.00000134. The molecule has 0 atom stereocenters. The highest BCUT2D eigenvalue weighted by Crippen LogP contribution is 2.14. The van der Waals surface area contributed by atoms with Gasteiger partial charge in [0, 0.05) is 23.2 Å². The first kappa shape index (κ1) is 22.3. The molecular formula is C22H31N3. The Morgan fingerprint density at radius 1 is 1.00 bits per heavy atom. The number of aryl methyl sites for hydroxylation is 1. The molecule has 2 N–H and O–H groups in total. The van der Waals surface area contributed by atoms with Crippen LogP contribution >= 0.6 is 0 Å². The molecule has 0 unspecified atom stereocenters. The van der Waals surface area contributed by atoms with Gasteiger partial charge in [0.05, 0.1) is 0 Å². The van der Waals surface area contributed by atoms with Gasteiger partial charge in [-0.25, -0.2) is 4.99 Å². The molecule has 0 spiro atoms. The fraction of sp³-hybridized carbons (Fsp3) is 0.273. The number of rotatable bonds is 4. The molecule has 0 saturated heterocycles. The van der Waals surface area contributed by atoms with Crippen molar-refractivity contribution in [3.8, 4) is 0 Å². The summed E-state index contributed by atoms with van der Waals surface area (Å²) in [5.41, 5.74) is 4.60. The van der Waals surface area contributed by atoms with Gasteiger partial charge in [0.15, 0.2) is 0 Å². The zero-order valence-corrected chi connectivity index (χ0v) is 16.4. The van der Waals surface area contributed by atoms with Crippen molar-refractivity contribution in [1.82, 2.24) is 0 Å². The van der Waals surface area contributed by atoms with Crippen LogP contribution in [0.25, 0.3) is 0 Å². The minimum absolute atomic E-state index is 0.556. The molecule has 0 amide bonds. The lowest BCUT2D eigenvalue weighted by Gasteiger charge is -2.12. The molecule has 2 aromatic carbocycles. The van der Waals surface area contributed by atoms with E-state index in [0.717, 1.165) is 28.2 Å². The van der Waals surface area contributed by atoms with E-state index < -0.39 is 0 Å². The molecular weight excluding hydrogens is 306 g/mol. The first-order chi connectivity index (χ1) is 12.1. The van der Waals surface area contributed by atoms with E-state index in [1.54, 1.807) is 6.92 Å². The number of hydrogen-bond donors (Lipinski definition) is 2. The average Bonchev–Trinajstić information content (AvgIpc) is 2.65. The van der Waals surface area contributed by atoms with Crippen molar-refractivity contribution in [2.24, 2.45) is 4.99 Å². The van der Waals surface area contributed by atoms with Crippen molar-refractivity contribution in [2.45, 2.75) is 41.5 Å². The highest BCUT2D eigenvalue weighted by Gasteiger charge is 2.06. The summed E-state index contributed by atoms with van der Waals surface area (Å²) < 4.78 is 0. The van der Waals surface area contributed by atoms with E-state index in [1.165, 1.54) is 6.20 Å². The number of nitrogens with one attached hydrogen (secondary N) is 2. The topological polar surface area (TPSA) is 48.2 Å². The molecule has 0 fully saturated rings. The predicted molar refractivity (Wildman–Crippen MR) is 113 cm³/mol. The fourth-order valence-corrected chi connectivity index (χ4v) is 2.04. The molecule has 0 bridgehead atoms. The second kappa shape index (κ2) is 12.7. The first-order valence-electron chi connectivity index (χ1n) is 8.79. The van der Waals surface area contributed by atoms with Gasteiger partial charge in [-0.1, -0.05) is 70.7 Å². The van der Waals surface area contributed by atoms with Gasteiger partial charge in [0.2, 0.25) is 0 Å². The number of benzene rings is 2. The number of amidine groups is 1. The van der Waals surface area contributed by atoms with Crippen LogP contribution in [0.3, 0.4) is 0 Å². The Morgan fingerprint density at radius 2 is 1.56 bits per heavy atom. The van der Waals surface area contributed by atoms with Crippen molar-refractivity contribution < 1.29 is 0 Å². The Kier molecular flexibility index (Phi) is 11.3. The lowest BCUT2D eigenvalue weighted by molar-refractivity contribution is 1.40. The maximum absolute atomic E-state index is 7.62. The van der Waals surface area contributed by atoms with Crippen LogP contribution in [-0.4, -0.2) is 11.5 Å². The van der Waals surface area contributed by atoms with Crippen LogP contribution in [0.15, 0.2) is 66.3 Å². The number of anilines is 1. The molecule has 2 rings (SSSR count). The van der Waals surface area contributed by atoms with Crippen LogP contribution in [0.1, 0.15) is 51.3 Å². The maximum atomic E-state index is 7.62. The molecule has 0 aliphatic carbocycles. The third kappa shape index (κ3) is 7.17. The number of aliphatic imine (C=N–C) groups is 1. The van der Waals surface area contributed by atoms with Crippen molar-refractivity contribution in [3.63, 3.8) is 0 Å². The highest BCUT2D eigenvalue weighted by atomic mass is 15.0. The molecule has 0 radical (unpaired) electrons. The normalized spacial score (nSPS) is 9.76. The monoisotopic (exact) mass is 337 g/mol. The second-order valence-electron chi connectivity index (χ2n) is 4.80. The minimum atomic E-state index is 0.556. The van der Waals surface area contributed by atoms with Crippen LogP contribution in [0.5, 0.6) is 0 Å². The first-order valence-corrected chi connectivity index (χ1v) is 8.79. The van der Waals surface area contributed by atoms with Crippen LogP contribution < -0.4 is 5.32 Å². The summed E-state index contributed by atoms with van der Waals surface area (Å²) in [4.78, 5) is 4.34. The standard InChI is InChI=1S/C18H19N3.2C2H6/c1-4-20-18(17-8-6-5-7-13(17)2)21-16-11-9-15(10-12-16)14(3)19;2*1-2/h4-12,19H,1H2,2-3H3,(H,20,21);2*1-2H3. The van der Waals surface area contributed by atoms with Gasteiger partial charge < -0.3 is 10.7 Å². The van der Waals surface area contributed by atoms with E-state index in [1.807, 2.05) is 70.2 Å². The third-order valence-corrected chi connectivity index (χ3v) is 3.20. The van der Waals surface area contributed by atoms with Crippen molar-refractivity contribution >= 4 is 17.2 Å². The lowest BCUT2D eigenvalue weighted by Crippen LogP contribution is -2.14. The van der Waals surface area contributed by atoms with Gasteiger partial charge in [0.1, 0.15) is 5.84 Å². The van der Waals surface area contributed by atoms with E-state index >= 15 is 0 Å². The molecule has 25 heavy (non-hydrogen) atoms. The summed E-state index contributed by atoms with van der Waals surface area (Å²) in [6.45, 7) is 15.5. The zero-order valence-electron chi connectivity index (χ0n) is 16.4. The van der Waals surface area contributed by atoms with Crippen LogP contribution in [-0.2, 0) is 0 Å². The van der Waals surface area contributed by atoms with Gasteiger partial charge in [-0.15, -0.1) is 0 Å². The number of nitrogens with zero attached hydrogens (tertiary/aromatic N) is 1. The van der Waals surface area contributed by atoms with Crippen molar-refractivity contribution in [3.05, 3.63) is 78.0 Å². The van der Waals surface area contributed by atoms with Gasteiger partial charge in [0.25, 0.3) is 0 Å². The maximum Gasteiger partial charge on any atom is 0.137 e. The van der Waals surface area contributed by atoms with Crippen LogP contribution in [0, 0.1) is 12.3 Å². The summed E-state index contributed by atoms with van der Waals surface area (Å²) in [5.74, 6) is 0.766. The molecule has 0 aliphatic rings. The van der Waals surface area contributed by atoms with Crippen molar-refractivity contribution in [2.75, 3.05) is 5.32 Å². The third-order valence-electron chi connectivity index (χ3n) is 3.20. The van der Waals surface area contributed by atoms with Gasteiger partial charge >= 0.3 is 0 Å². The smallest absolute Gasteiger partial charge is 0.137 e. The van der Waals surface area contributed by atoms with E-state index in [-0.39, 0.29) is 0 Å². The molecule has 134 valence electrons. The lowest BCUT2D eigenvalue weighted by atomic mass is 10.1. The summed E-state index contributed by atoms with van der Waals surface area (Å²) >= 11 is 0. The van der Waals surface area contributed by atoms with Crippen molar-refractivity contribution in [1.29, 1.82) is 5.41 Å². The molecule has 0 saturated carbocycles. The molecule has 0 heterocycles. The van der Waals surface area contributed by atoms with E-state index in [4.69, 9.17) is 5.41 Å². The Labute approximate surface area is 153 Å². The number of hydrogen-bond acceptors (Lipinski definition) is 2. The fourth-order valence-electron chi connectivity index (χ4n) is 2.04. The minimum Gasteiger partial charge on any atom is -0.340 e. The van der Waals surface area contributed by atoms with E-state index in [2.05, 4.69) is 29.9 Å².